The summed E-state index contributed by atoms with van der Waals surface area (Å²) in [7, 11) is 0. The van der Waals surface area contributed by atoms with Crippen LogP contribution in [0, 0.1) is 0 Å². The fourth-order valence-corrected chi connectivity index (χ4v) is 0.963. The molecule has 1 rings (SSSR count). The molecule has 1 aromatic rings. The molecule has 0 amide bonds. The molecule has 0 aliphatic rings. The molecule has 0 aromatic heterocycles. The average molecular weight is 215 g/mol. The number of hydrogen-bond donors (Lipinski definition) is 1. The number of esters is 1. The Labute approximate surface area is 87.3 Å². The average Bonchev–Trinajstić information content (AvgIpc) is 2.26. The summed E-state index contributed by atoms with van der Waals surface area (Å²) in [5, 5.41) is 9.04. The van der Waals surface area contributed by atoms with Crippen LogP contribution in [0.3, 0.4) is 0 Å². The number of aliphatic hydroxyl groups excluding tert-OH is 1. The first-order valence-corrected chi connectivity index (χ1v) is 4.73. The van der Waals surface area contributed by atoms with Gasteiger partial charge in [-0.15, -0.1) is 11.6 Å². The largest absolute Gasteiger partial charge is 0.459 e. The van der Waals surface area contributed by atoms with Crippen LogP contribution in [0.5, 0.6) is 0 Å². The molecule has 0 bridgehead atoms. The van der Waals surface area contributed by atoms with Gasteiger partial charge in [-0.1, -0.05) is 18.2 Å². The van der Waals surface area contributed by atoms with E-state index in [0.29, 0.717) is 5.56 Å². The Morgan fingerprint density at radius 2 is 2.07 bits per heavy atom. The third kappa shape index (κ3) is 3.36. The SMILES string of the molecule is O=C(OC[C@@H](O)CCl)c1ccccc1. The van der Waals surface area contributed by atoms with Crippen LogP contribution in [0.25, 0.3) is 0 Å². The third-order valence-electron chi connectivity index (χ3n) is 1.59. The van der Waals surface area contributed by atoms with Gasteiger partial charge in [-0.3, -0.25) is 0 Å². The van der Waals surface area contributed by atoms with Gasteiger partial charge in [0.1, 0.15) is 12.7 Å². The summed E-state index contributed by atoms with van der Waals surface area (Å²) < 4.78 is 4.81. The van der Waals surface area contributed by atoms with E-state index in [2.05, 4.69) is 0 Å². The molecule has 0 aliphatic carbocycles. The van der Waals surface area contributed by atoms with E-state index in [-0.39, 0.29) is 12.5 Å². The predicted octanol–water partition coefficient (Wildman–Crippen LogP) is 1.44. The van der Waals surface area contributed by atoms with Gasteiger partial charge < -0.3 is 9.84 Å². The third-order valence-corrected chi connectivity index (χ3v) is 1.95. The molecule has 76 valence electrons. The van der Waals surface area contributed by atoms with E-state index in [1.807, 2.05) is 6.07 Å². The van der Waals surface area contributed by atoms with Gasteiger partial charge in [0.25, 0.3) is 0 Å². The highest BCUT2D eigenvalue weighted by atomic mass is 35.5. The molecule has 0 heterocycles. The molecule has 1 N–H and O–H groups in total. The molecular formula is C10H11ClO3. The number of aliphatic hydroxyl groups is 1. The summed E-state index contributed by atoms with van der Waals surface area (Å²) in [5.74, 6) is -0.392. The van der Waals surface area contributed by atoms with Crippen molar-refractivity contribution in [3.63, 3.8) is 0 Å². The lowest BCUT2D eigenvalue weighted by atomic mass is 10.2. The molecule has 0 aliphatic heterocycles. The number of ether oxygens (including phenoxy) is 1. The van der Waals surface area contributed by atoms with Crippen LogP contribution in [0.15, 0.2) is 30.3 Å². The molecule has 1 atom stereocenters. The number of carbonyl (C=O) groups excluding carboxylic acids is 1. The summed E-state index contributed by atoms with van der Waals surface area (Å²) in [6, 6.07) is 8.60. The van der Waals surface area contributed by atoms with Crippen molar-refractivity contribution in [2.75, 3.05) is 12.5 Å². The molecule has 0 spiro atoms. The molecular weight excluding hydrogens is 204 g/mol. The van der Waals surface area contributed by atoms with Crippen LogP contribution < -0.4 is 0 Å². The molecule has 4 heteroatoms. The zero-order chi connectivity index (χ0) is 10.4. The minimum atomic E-state index is -0.802. The highest BCUT2D eigenvalue weighted by Gasteiger charge is 2.09. The van der Waals surface area contributed by atoms with Crippen molar-refractivity contribution in [3.05, 3.63) is 35.9 Å². The number of alkyl halides is 1. The van der Waals surface area contributed by atoms with E-state index in [4.69, 9.17) is 21.4 Å². The van der Waals surface area contributed by atoms with Crippen molar-refractivity contribution in [2.24, 2.45) is 0 Å². The Bertz CT molecular complexity index is 287. The van der Waals surface area contributed by atoms with Gasteiger partial charge in [0.05, 0.1) is 11.4 Å². The van der Waals surface area contributed by atoms with Gasteiger partial charge in [0.15, 0.2) is 0 Å². The van der Waals surface area contributed by atoms with Crippen LogP contribution in [-0.2, 0) is 4.74 Å². The van der Waals surface area contributed by atoms with Gasteiger partial charge >= 0.3 is 5.97 Å². The van der Waals surface area contributed by atoms with Crippen LogP contribution in [-0.4, -0.2) is 29.7 Å². The Morgan fingerprint density at radius 3 is 2.64 bits per heavy atom. The summed E-state index contributed by atoms with van der Waals surface area (Å²) in [5.41, 5.74) is 0.467. The molecule has 3 nitrogen and oxygen atoms in total. The zero-order valence-corrected chi connectivity index (χ0v) is 8.28. The monoisotopic (exact) mass is 214 g/mol. The van der Waals surface area contributed by atoms with Crippen molar-refractivity contribution in [1.29, 1.82) is 0 Å². The molecule has 0 radical (unpaired) electrons. The second kappa shape index (κ2) is 5.62. The van der Waals surface area contributed by atoms with Gasteiger partial charge in [0, 0.05) is 0 Å². The zero-order valence-electron chi connectivity index (χ0n) is 7.52. The molecule has 0 saturated carbocycles. The Kier molecular flexibility index (Phi) is 4.43. The number of rotatable bonds is 4. The fourth-order valence-electron chi connectivity index (χ4n) is 0.874. The van der Waals surface area contributed by atoms with Crippen molar-refractivity contribution in [3.8, 4) is 0 Å². The van der Waals surface area contributed by atoms with E-state index < -0.39 is 12.1 Å². The molecule has 0 saturated heterocycles. The normalized spacial score (nSPS) is 12.1. The summed E-state index contributed by atoms with van der Waals surface area (Å²) in [4.78, 5) is 11.3. The quantitative estimate of drug-likeness (QED) is 0.610. The van der Waals surface area contributed by atoms with Crippen LogP contribution in [0.1, 0.15) is 10.4 Å². The smallest absolute Gasteiger partial charge is 0.338 e. The highest BCUT2D eigenvalue weighted by Crippen LogP contribution is 2.01. The van der Waals surface area contributed by atoms with Crippen LogP contribution in [0.4, 0.5) is 0 Å². The van der Waals surface area contributed by atoms with Gasteiger partial charge in [-0.25, -0.2) is 4.79 Å². The first-order valence-electron chi connectivity index (χ1n) is 4.20. The Hall–Kier alpha value is -1.06. The Balaban J connectivity index is 2.44. The summed E-state index contributed by atoms with van der Waals surface area (Å²) >= 11 is 5.34. The minimum absolute atomic E-state index is 0.0576. The van der Waals surface area contributed by atoms with E-state index in [1.165, 1.54) is 0 Å². The van der Waals surface area contributed by atoms with E-state index in [9.17, 15) is 4.79 Å². The van der Waals surface area contributed by atoms with Gasteiger partial charge in [-0.05, 0) is 12.1 Å². The Morgan fingerprint density at radius 1 is 1.43 bits per heavy atom. The van der Waals surface area contributed by atoms with Crippen molar-refractivity contribution >= 4 is 17.6 Å². The fraction of sp³-hybridized carbons (Fsp3) is 0.300. The molecule has 0 fully saturated rings. The number of benzene rings is 1. The lowest BCUT2D eigenvalue weighted by molar-refractivity contribution is 0.0303. The number of hydrogen-bond acceptors (Lipinski definition) is 3. The van der Waals surface area contributed by atoms with Gasteiger partial charge in [0.2, 0.25) is 0 Å². The van der Waals surface area contributed by atoms with Gasteiger partial charge in [-0.2, -0.15) is 0 Å². The summed E-state index contributed by atoms with van der Waals surface area (Å²) in [6.07, 6.45) is -0.802. The molecule has 0 unspecified atom stereocenters. The minimum Gasteiger partial charge on any atom is -0.459 e. The second-order valence-corrected chi connectivity index (χ2v) is 3.08. The highest BCUT2D eigenvalue weighted by molar-refractivity contribution is 6.18. The molecule has 14 heavy (non-hydrogen) atoms. The van der Waals surface area contributed by atoms with Crippen LogP contribution >= 0.6 is 11.6 Å². The second-order valence-electron chi connectivity index (χ2n) is 2.77. The lowest BCUT2D eigenvalue weighted by Crippen LogP contribution is -2.19. The van der Waals surface area contributed by atoms with E-state index in [0.717, 1.165) is 0 Å². The maximum Gasteiger partial charge on any atom is 0.338 e. The first kappa shape index (κ1) is 11.0. The maximum absolute atomic E-state index is 11.3. The van der Waals surface area contributed by atoms with Crippen molar-refractivity contribution in [2.45, 2.75) is 6.10 Å². The first-order chi connectivity index (χ1) is 6.74. The lowest BCUT2D eigenvalue weighted by Gasteiger charge is -2.07. The van der Waals surface area contributed by atoms with Crippen LogP contribution in [0.2, 0.25) is 0 Å². The standard InChI is InChI=1S/C10H11ClO3/c11-6-9(12)7-14-10(13)8-4-2-1-3-5-8/h1-5,9,12H,6-7H2/t9-/m0/s1. The van der Waals surface area contributed by atoms with Crippen molar-refractivity contribution < 1.29 is 14.6 Å². The number of halogens is 1. The maximum atomic E-state index is 11.3. The van der Waals surface area contributed by atoms with E-state index in [1.54, 1.807) is 24.3 Å². The topological polar surface area (TPSA) is 46.5 Å². The van der Waals surface area contributed by atoms with E-state index >= 15 is 0 Å². The van der Waals surface area contributed by atoms with Crippen molar-refractivity contribution in [1.82, 2.24) is 0 Å². The number of carbonyl (C=O) groups is 1. The summed E-state index contributed by atoms with van der Waals surface area (Å²) in [6.45, 7) is -0.0722. The molecule has 1 aromatic carbocycles. The predicted molar refractivity (Wildman–Crippen MR) is 53.5 cm³/mol.